The SMILES string of the molecule is CN(Cc1cccc(F)c1)C(=O)C(O)CN. The molecule has 1 amide bonds. The van der Waals surface area contributed by atoms with Crippen LogP contribution < -0.4 is 5.73 Å². The predicted octanol–water partition coefficient (Wildman–Crippen LogP) is 0.104. The fourth-order valence-electron chi connectivity index (χ4n) is 1.34. The highest BCUT2D eigenvalue weighted by atomic mass is 19.1. The van der Waals surface area contributed by atoms with Crippen molar-refractivity contribution in [1.82, 2.24) is 4.90 Å². The van der Waals surface area contributed by atoms with Gasteiger partial charge in [-0.05, 0) is 17.7 Å². The Morgan fingerprint density at radius 2 is 2.31 bits per heavy atom. The molecule has 0 fully saturated rings. The third kappa shape index (κ3) is 3.29. The fraction of sp³-hybridized carbons (Fsp3) is 0.364. The minimum Gasteiger partial charge on any atom is -0.382 e. The number of carbonyl (C=O) groups excluding carboxylic acids is 1. The molecule has 0 heterocycles. The van der Waals surface area contributed by atoms with Crippen molar-refractivity contribution in [2.75, 3.05) is 13.6 Å². The minimum atomic E-state index is -1.20. The summed E-state index contributed by atoms with van der Waals surface area (Å²) in [5.41, 5.74) is 5.84. The molecular formula is C11H15FN2O2. The third-order valence-corrected chi connectivity index (χ3v) is 2.19. The molecule has 1 rings (SSSR count). The van der Waals surface area contributed by atoms with E-state index < -0.39 is 12.0 Å². The van der Waals surface area contributed by atoms with Crippen LogP contribution in [0.4, 0.5) is 4.39 Å². The first-order chi connectivity index (χ1) is 7.54. The Balaban J connectivity index is 2.64. The molecule has 1 aromatic rings. The average molecular weight is 226 g/mol. The van der Waals surface area contributed by atoms with Crippen molar-refractivity contribution in [3.8, 4) is 0 Å². The molecule has 1 unspecified atom stereocenters. The van der Waals surface area contributed by atoms with E-state index in [9.17, 15) is 14.3 Å². The highest BCUT2D eigenvalue weighted by Gasteiger charge is 2.17. The molecule has 0 saturated carbocycles. The lowest BCUT2D eigenvalue weighted by Crippen LogP contribution is -2.40. The van der Waals surface area contributed by atoms with E-state index in [0.29, 0.717) is 5.56 Å². The summed E-state index contributed by atoms with van der Waals surface area (Å²) in [5, 5.41) is 9.24. The van der Waals surface area contributed by atoms with Crippen molar-refractivity contribution in [1.29, 1.82) is 0 Å². The second kappa shape index (κ2) is 5.58. The number of halogens is 1. The number of hydrogen-bond acceptors (Lipinski definition) is 3. The number of nitrogens with zero attached hydrogens (tertiary/aromatic N) is 1. The van der Waals surface area contributed by atoms with E-state index in [-0.39, 0.29) is 18.9 Å². The van der Waals surface area contributed by atoms with Crippen LogP contribution in [0.25, 0.3) is 0 Å². The molecule has 16 heavy (non-hydrogen) atoms. The number of benzene rings is 1. The Labute approximate surface area is 93.5 Å². The first kappa shape index (κ1) is 12.6. The summed E-state index contributed by atoms with van der Waals surface area (Å²) in [7, 11) is 1.53. The minimum absolute atomic E-state index is 0.119. The van der Waals surface area contributed by atoms with Gasteiger partial charge in [0.05, 0.1) is 0 Å². The maximum Gasteiger partial charge on any atom is 0.252 e. The molecular weight excluding hydrogens is 211 g/mol. The Morgan fingerprint density at radius 1 is 1.62 bits per heavy atom. The van der Waals surface area contributed by atoms with Crippen molar-refractivity contribution in [2.45, 2.75) is 12.6 Å². The summed E-state index contributed by atoms with van der Waals surface area (Å²) in [4.78, 5) is 12.8. The summed E-state index contributed by atoms with van der Waals surface area (Å²) in [5.74, 6) is -0.815. The summed E-state index contributed by atoms with van der Waals surface area (Å²) >= 11 is 0. The van der Waals surface area contributed by atoms with E-state index in [0.717, 1.165) is 0 Å². The second-order valence-corrected chi connectivity index (χ2v) is 3.58. The lowest BCUT2D eigenvalue weighted by Gasteiger charge is -2.19. The van der Waals surface area contributed by atoms with Crippen molar-refractivity contribution < 1.29 is 14.3 Å². The van der Waals surface area contributed by atoms with Crippen LogP contribution in [0.3, 0.4) is 0 Å². The van der Waals surface area contributed by atoms with E-state index >= 15 is 0 Å². The van der Waals surface area contributed by atoms with E-state index in [1.54, 1.807) is 12.1 Å². The summed E-state index contributed by atoms with van der Waals surface area (Å²) < 4.78 is 12.9. The molecule has 0 radical (unpaired) electrons. The van der Waals surface area contributed by atoms with Gasteiger partial charge in [-0.25, -0.2) is 4.39 Å². The molecule has 0 saturated heterocycles. The van der Waals surface area contributed by atoms with Gasteiger partial charge in [0.25, 0.3) is 5.91 Å². The molecule has 0 aliphatic rings. The summed E-state index contributed by atoms with van der Waals surface area (Å²) in [6, 6.07) is 5.96. The van der Waals surface area contributed by atoms with Crippen LogP contribution in [0, 0.1) is 5.82 Å². The molecule has 4 nitrogen and oxygen atoms in total. The number of hydrogen-bond donors (Lipinski definition) is 2. The number of amides is 1. The summed E-state index contributed by atoms with van der Waals surface area (Å²) in [6.45, 7) is 0.125. The Morgan fingerprint density at radius 3 is 2.88 bits per heavy atom. The van der Waals surface area contributed by atoms with Crippen LogP contribution >= 0.6 is 0 Å². The Hall–Kier alpha value is -1.46. The maximum atomic E-state index is 12.9. The fourth-order valence-corrected chi connectivity index (χ4v) is 1.34. The van der Waals surface area contributed by atoms with Crippen LogP contribution in [0.5, 0.6) is 0 Å². The number of aliphatic hydroxyl groups is 1. The molecule has 0 bridgehead atoms. The second-order valence-electron chi connectivity index (χ2n) is 3.58. The number of nitrogens with two attached hydrogens (primary N) is 1. The Bertz CT molecular complexity index is 371. The third-order valence-electron chi connectivity index (χ3n) is 2.19. The van der Waals surface area contributed by atoms with E-state index in [4.69, 9.17) is 5.73 Å². The molecule has 88 valence electrons. The largest absolute Gasteiger partial charge is 0.382 e. The number of carbonyl (C=O) groups is 1. The van der Waals surface area contributed by atoms with Gasteiger partial charge < -0.3 is 15.7 Å². The van der Waals surface area contributed by atoms with Crippen molar-refractivity contribution in [2.24, 2.45) is 5.73 Å². The van der Waals surface area contributed by atoms with Gasteiger partial charge in [-0.3, -0.25) is 4.79 Å². The molecule has 0 spiro atoms. The van der Waals surface area contributed by atoms with Gasteiger partial charge in [0.15, 0.2) is 0 Å². The van der Waals surface area contributed by atoms with Gasteiger partial charge in [0.1, 0.15) is 11.9 Å². The first-order valence-corrected chi connectivity index (χ1v) is 4.92. The zero-order valence-electron chi connectivity index (χ0n) is 9.06. The maximum absolute atomic E-state index is 12.9. The van der Waals surface area contributed by atoms with Gasteiger partial charge >= 0.3 is 0 Å². The van der Waals surface area contributed by atoms with Crippen LogP contribution in [-0.4, -0.2) is 35.6 Å². The number of aliphatic hydroxyl groups excluding tert-OH is 1. The summed E-state index contributed by atoms with van der Waals surface area (Å²) in [6.07, 6.45) is -1.20. The van der Waals surface area contributed by atoms with Gasteiger partial charge in [-0.1, -0.05) is 12.1 Å². The number of rotatable bonds is 4. The van der Waals surface area contributed by atoms with Gasteiger partial charge in [0.2, 0.25) is 0 Å². The molecule has 0 aliphatic heterocycles. The van der Waals surface area contributed by atoms with Crippen LogP contribution in [0.15, 0.2) is 24.3 Å². The standard InChI is InChI=1S/C11H15FN2O2/c1-14(11(16)10(15)6-13)7-8-3-2-4-9(12)5-8/h2-5,10,15H,6-7,13H2,1H3. The monoisotopic (exact) mass is 226 g/mol. The first-order valence-electron chi connectivity index (χ1n) is 4.92. The van der Waals surface area contributed by atoms with E-state index in [1.807, 2.05) is 0 Å². The zero-order chi connectivity index (χ0) is 12.1. The quantitative estimate of drug-likeness (QED) is 0.765. The molecule has 3 N–H and O–H groups in total. The van der Waals surface area contributed by atoms with Crippen molar-refractivity contribution in [3.05, 3.63) is 35.6 Å². The molecule has 0 aromatic heterocycles. The zero-order valence-corrected chi connectivity index (χ0v) is 9.06. The molecule has 1 atom stereocenters. The van der Waals surface area contributed by atoms with E-state index in [1.165, 1.54) is 24.1 Å². The van der Waals surface area contributed by atoms with Gasteiger partial charge in [0, 0.05) is 20.1 Å². The van der Waals surface area contributed by atoms with Crippen LogP contribution in [0.1, 0.15) is 5.56 Å². The van der Waals surface area contributed by atoms with E-state index in [2.05, 4.69) is 0 Å². The van der Waals surface area contributed by atoms with Crippen molar-refractivity contribution in [3.63, 3.8) is 0 Å². The normalized spacial score (nSPS) is 12.2. The average Bonchev–Trinajstić information content (AvgIpc) is 2.27. The molecule has 5 heteroatoms. The van der Waals surface area contributed by atoms with Crippen molar-refractivity contribution >= 4 is 5.91 Å². The highest BCUT2D eigenvalue weighted by molar-refractivity contribution is 5.80. The smallest absolute Gasteiger partial charge is 0.252 e. The van der Waals surface area contributed by atoms with Gasteiger partial charge in [-0.2, -0.15) is 0 Å². The lowest BCUT2D eigenvalue weighted by atomic mass is 10.2. The molecule has 1 aromatic carbocycles. The van der Waals surface area contributed by atoms with Gasteiger partial charge in [-0.15, -0.1) is 0 Å². The number of likely N-dealkylation sites (N-methyl/N-ethyl adjacent to an activating group) is 1. The Kier molecular flexibility index (Phi) is 4.39. The topological polar surface area (TPSA) is 66.6 Å². The highest BCUT2D eigenvalue weighted by Crippen LogP contribution is 2.06. The van der Waals surface area contributed by atoms with Crippen LogP contribution in [0.2, 0.25) is 0 Å². The molecule has 0 aliphatic carbocycles. The van der Waals surface area contributed by atoms with Crippen LogP contribution in [-0.2, 0) is 11.3 Å². The predicted molar refractivity (Wildman–Crippen MR) is 57.9 cm³/mol. The lowest BCUT2D eigenvalue weighted by molar-refractivity contribution is -0.138.